The van der Waals surface area contributed by atoms with Gasteiger partial charge < -0.3 is 10.1 Å². The Kier molecular flexibility index (Phi) is 8.29. The number of hydrogen-bond donors (Lipinski definition) is 1. The van der Waals surface area contributed by atoms with Crippen LogP contribution < -0.4 is 5.32 Å². The van der Waals surface area contributed by atoms with E-state index in [-0.39, 0.29) is 11.5 Å². The Labute approximate surface area is 108 Å². The summed E-state index contributed by atoms with van der Waals surface area (Å²) in [6.45, 7) is 14.6. The third kappa shape index (κ3) is 6.71. The third-order valence-corrected chi connectivity index (χ3v) is 2.72. The quantitative estimate of drug-likeness (QED) is 0.689. The molecule has 0 bridgehead atoms. The van der Waals surface area contributed by atoms with Crippen molar-refractivity contribution in [1.29, 1.82) is 0 Å². The molecule has 0 aromatic carbocycles. The van der Waals surface area contributed by atoms with Crippen LogP contribution in [0.2, 0.25) is 0 Å². The van der Waals surface area contributed by atoms with Gasteiger partial charge in [0, 0.05) is 19.1 Å². The molecule has 0 fully saturated rings. The number of nitrogens with one attached hydrogen (secondary N) is 1. The van der Waals surface area contributed by atoms with Gasteiger partial charge in [-0.15, -0.1) is 11.8 Å². The van der Waals surface area contributed by atoms with Crippen LogP contribution in [0.15, 0.2) is 0 Å². The number of rotatable bonds is 7. The minimum Gasteiger partial charge on any atom is -0.376 e. The summed E-state index contributed by atoms with van der Waals surface area (Å²) >= 11 is 0. The van der Waals surface area contributed by atoms with Crippen molar-refractivity contribution < 1.29 is 4.74 Å². The van der Waals surface area contributed by atoms with E-state index in [0.717, 1.165) is 26.0 Å². The molecule has 2 atom stereocenters. The standard InChI is InChI=1S/C15H29NO/c1-7-10-11-13(16-12-8-2)14(17-9-3)15(4,5)6/h13-14,16H,8-9,11-12H2,1-6H3. The molecule has 0 spiro atoms. The second-order valence-corrected chi connectivity index (χ2v) is 5.43. The smallest absolute Gasteiger partial charge is 0.0785 e. The van der Waals surface area contributed by atoms with Gasteiger partial charge in [0.2, 0.25) is 0 Å². The van der Waals surface area contributed by atoms with Crippen LogP contribution in [-0.2, 0) is 4.74 Å². The van der Waals surface area contributed by atoms with E-state index in [9.17, 15) is 0 Å². The van der Waals surface area contributed by atoms with Gasteiger partial charge in [-0.1, -0.05) is 27.7 Å². The Morgan fingerprint density at radius 1 is 1.24 bits per heavy atom. The molecule has 0 saturated heterocycles. The van der Waals surface area contributed by atoms with E-state index in [1.54, 1.807) is 0 Å². The van der Waals surface area contributed by atoms with Crippen molar-refractivity contribution in [3.05, 3.63) is 0 Å². The van der Waals surface area contributed by atoms with Gasteiger partial charge in [-0.3, -0.25) is 0 Å². The van der Waals surface area contributed by atoms with Crippen LogP contribution >= 0.6 is 0 Å². The Bertz CT molecular complexity index is 244. The first-order valence-corrected chi connectivity index (χ1v) is 6.71. The molecule has 0 radical (unpaired) electrons. The van der Waals surface area contributed by atoms with Crippen molar-refractivity contribution in [2.24, 2.45) is 5.41 Å². The summed E-state index contributed by atoms with van der Waals surface area (Å²) in [6.07, 6.45) is 2.21. The van der Waals surface area contributed by atoms with E-state index in [2.05, 4.69) is 51.8 Å². The lowest BCUT2D eigenvalue weighted by atomic mass is 9.83. The fourth-order valence-electron chi connectivity index (χ4n) is 1.98. The number of hydrogen-bond acceptors (Lipinski definition) is 2. The van der Waals surface area contributed by atoms with Crippen LogP contribution in [-0.4, -0.2) is 25.3 Å². The van der Waals surface area contributed by atoms with Crippen LogP contribution in [0.25, 0.3) is 0 Å². The molecule has 0 aliphatic heterocycles. The average Bonchev–Trinajstić information content (AvgIpc) is 2.25. The summed E-state index contributed by atoms with van der Waals surface area (Å²) in [6, 6.07) is 0.322. The van der Waals surface area contributed by atoms with Crippen molar-refractivity contribution in [3.8, 4) is 11.8 Å². The van der Waals surface area contributed by atoms with E-state index in [1.807, 2.05) is 6.92 Å². The maximum absolute atomic E-state index is 5.93. The highest BCUT2D eigenvalue weighted by atomic mass is 16.5. The Balaban J connectivity index is 4.70. The second-order valence-electron chi connectivity index (χ2n) is 5.43. The monoisotopic (exact) mass is 239 g/mol. The molecule has 17 heavy (non-hydrogen) atoms. The van der Waals surface area contributed by atoms with E-state index in [0.29, 0.717) is 6.04 Å². The minimum atomic E-state index is 0.136. The molecule has 2 heteroatoms. The molecule has 100 valence electrons. The maximum atomic E-state index is 5.93. The second kappa shape index (κ2) is 8.55. The molecular weight excluding hydrogens is 210 g/mol. The lowest BCUT2D eigenvalue weighted by Gasteiger charge is -2.36. The van der Waals surface area contributed by atoms with Crippen LogP contribution in [0.1, 0.15) is 54.4 Å². The summed E-state index contributed by atoms with van der Waals surface area (Å²) in [5.74, 6) is 6.15. The fourth-order valence-corrected chi connectivity index (χ4v) is 1.98. The van der Waals surface area contributed by atoms with Crippen LogP contribution in [0.4, 0.5) is 0 Å². The van der Waals surface area contributed by atoms with Gasteiger partial charge in [-0.2, -0.15) is 0 Å². The van der Waals surface area contributed by atoms with Crippen molar-refractivity contribution in [2.45, 2.75) is 66.5 Å². The summed E-state index contributed by atoms with van der Waals surface area (Å²) in [5.41, 5.74) is 0.136. The predicted molar refractivity (Wildman–Crippen MR) is 75.0 cm³/mol. The topological polar surface area (TPSA) is 21.3 Å². The molecule has 0 saturated carbocycles. The largest absolute Gasteiger partial charge is 0.376 e. The first-order chi connectivity index (χ1) is 7.97. The molecule has 0 aromatic heterocycles. The van der Waals surface area contributed by atoms with E-state index in [4.69, 9.17) is 4.74 Å². The van der Waals surface area contributed by atoms with Gasteiger partial charge >= 0.3 is 0 Å². The normalized spacial score (nSPS) is 14.9. The van der Waals surface area contributed by atoms with Gasteiger partial charge in [-0.25, -0.2) is 0 Å². The molecule has 0 aliphatic rings. The SMILES string of the molecule is CC#CCC(NCCC)C(OCC)C(C)(C)C. The highest BCUT2D eigenvalue weighted by Crippen LogP contribution is 2.26. The Morgan fingerprint density at radius 3 is 2.29 bits per heavy atom. The van der Waals surface area contributed by atoms with Crippen LogP contribution in [0.5, 0.6) is 0 Å². The van der Waals surface area contributed by atoms with Crippen molar-refractivity contribution in [1.82, 2.24) is 5.32 Å². The van der Waals surface area contributed by atoms with Crippen molar-refractivity contribution in [2.75, 3.05) is 13.2 Å². The molecule has 0 amide bonds. The third-order valence-electron chi connectivity index (χ3n) is 2.72. The molecule has 2 nitrogen and oxygen atoms in total. The fraction of sp³-hybridized carbons (Fsp3) is 0.867. The molecule has 0 heterocycles. The maximum Gasteiger partial charge on any atom is 0.0785 e. The zero-order chi connectivity index (χ0) is 13.3. The van der Waals surface area contributed by atoms with Gasteiger partial charge in [0.1, 0.15) is 0 Å². The molecule has 0 rings (SSSR count). The number of ether oxygens (including phenoxy) is 1. The summed E-state index contributed by atoms with van der Waals surface area (Å²) in [7, 11) is 0. The van der Waals surface area contributed by atoms with Gasteiger partial charge in [0.15, 0.2) is 0 Å². The zero-order valence-corrected chi connectivity index (χ0v) is 12.4. The van der Waals surface area contributed by atoms with E-state index in [1.165, 1.54) is 0 Å². The molecular formula is C15H29NO. The van der Waals surface area contributed by atoms with Crippen LogP contribution in [0, 0.1) is 17.3 Å². The first-order valence-electron chi connectivity index (χ1n) is 6.71. The average molecular weight is 239 g/mol. The molecule has 0 aromatic rings. The highest BCUT2D eigenvalue weighted by Gasteiger charge is 2.32. The van der Waals surface area contributed by atoms with Gasteiger partial charge in [0.05, 0.1) is 6.10 Å². The Hall–Kier alpha value is -0.520. The molecule has 0 aliphatic carbocycles. The molecule has 2 unspecified atom stereocenters. The lowest BCUT2D eigenvalue weighted by Crippen LogP contribution is -2.48. The van der Waals surface area contributed by atoms with Gasteiger partial charge in [-0.05, 0) is 32.2 Å². The highest BCUT2D eigenvalue weighted by molar-refractivity contribution is 5.01. The lowest BCUT2D eigenvalue weighted by molar-refractivity contribution is -0.0345. The van der Waals surface area contributed by atoms with Crippen molar-refractivity contribution >= 4 is 0 Å². The Morgan fingerprint density at radius 2 is 1.88 bits per heavy atom. The first kappa shape index (κ1) is 16.5. The predicted octanol–water partition coefficient (Wildman–Crippen LogP) is 3.22. The zero-order valence-electron chi connectivity index (χ0n) is 12.4. The van der Waals surface area contributed by atoms with Gasteiger partial charge in [0.25, 0.3) is 0 Å². The van der Waals surface area contributed by atoms with E-state index < -0.39 is 0 Å². The summed E-state index contributed by atoms with van der Waals surface area (Å²) in [5, 5.41) is 3.57. The minimum absolute atomic E-state index is 0.136. The summed E-state index contributed by atoms with van der Waals surface area (Å²) in [4.78, 5) is 0. The van der Waals surface area contributed by atoms with E-state index >= 15 is 0 Å². The summed E-state index contributed by atoms with van der Waals surface area (Å²) < 4.78 is 5.93. The van der Waals surface area contributed by atoms with Crippen molar-refractivity contribution in [3.63, 3.8) is 0 Å². The van der Waals surface area contributed by atoms with Crippen LogP contribution in [0.3, 0.4) is 0 Å². The molecule has 1 N–H and O–H groups in total.